The van der Waals surface area contributed by atoms with Gasteiger partial charge in [-0.05, 0) is 18.3 Å². The standard InChI is InChI=1S/C8H13FO3S/c9-3-4-13(12)6-8(1-2-8)5-7(10)11/h1-6H2,(H,10,11). The zero-order valence-corrected chi connectivity index (χ0v) is 8.11. The van der Waals surface area contributed by atoms with Crippen LogP contribution in [-0.4, -0.2) is 33.5 Å². The minimum Gasteiger partial charge on any atom is -0.481 e. The van der Waals surface area contributed by atoms with Crippen molar-refractivity contribution < 1.29 is 18.5 Å². The van der Waals surface area contributed by atoms with Crippen molar-refractivity contribution in [3.05, 3.63) is 0 Å². The lowest BCUT2D eigenvalue weighted by Crippen LogP contribution is -2.18. The number of hydrogen-bond donors (Lipinski definition) is 1. The minimum absolute atomic E-state index is 0.0430. The molecule has 0 aromatic carbocycles. The van der Waals surface area contributed by atoms with Gasteiger partial charge in [0.1, 0.15) is 6.67 Å². The molecule has 1 aliphatic rings. The van der Waals surface area contributed by atoms with Crippen molar-refractivity contribution in [1.82, 2.24) is 0 Å². The monoisotopic (exact) mass is 208 g/mol. The smallest absolute Gasteiger partial charge is 0.303 e. The van der Waals surface area contributed by atoms with Crippen molar-refractivity contribution >= 4 is 16.8 Å². The number of carboxylic acid groups (broad SMARTS) is 1. The average molecular weight is 208 g/mol. The maximum Gasteiger partial charge on any atom is 0.303 e. The SMILES string of the molecule is O=C(O)CC1(CS(=O)CCF)CC1. The molecule has 76 valence electrons. The van der Waals surface area contributed by atoms with Crippen molar-refractivity contribution in [2.45, 2.75) is 19.3 Å². The molecule has 0 bridgehead atoms. The van der Waals surface area contributed by atoms with Crippen LogP contribution in [0.4, 0.5) is 4.39 Å². The summed E-state index contributed by atoms with van der Waals surface area (Å²) in [6.07, 6.45) is 1.71. The number of aliphatic carboxylic acids is 1. The van der Waals surface area contributed by atoms with Crippen LogP contribution in [0.1, 0.15) is 19.3 Å². The lowest BCUT2D eigenvalue weighted by atomic mass is 10.1. The first-order valence-corrected chi connectivity index (χ1v) is 5.69. The van der Waals surface area contributed by atoms with Crippen LogP contribution in [0.15, 0.2) is 0 Å². The van der Waals surface area contributed by atoms with Gasteiger partial charge in [-0.15, -0.1) is 0 Å². The van der Waals surface area contributed by atoms with E-state index in [2.05, 4.69) is 0 Å². The second-order valence-corrected chi connectivity index (χ2v) is 5.12. The Morgan fingerprint density at radius 1 is 1.54 bits per heavy atom. The summed E-state index contributed by atoms with van der Waals surface area (Å²) >= 11 is 0. The maximum atomic E-state index is 11.8. The Bertz CT molecular complexity index is 225. The van der Waals surface area contributed by atoms with Crippen molar-refractivity contribution in [2.75, 3.05) is 18.2 Å². The Kier molecular flexibility index (Phi) is 3.41. The number of alkyl halides is 1. The van der Waals surface area contributed by atoms with Crippen LogP contribution in [-0.2, 0) is 15.6 Å². The van der Waals surface area contributed by atoms with E-state index in [1.807, 2.05) is 0 Å². The Balaban J connectivity index is 2.34. The number of carbonyl (C=O) groups is 1. The molecule has 1 rings (SSSR count). The minimum atomic E-state index is -1.18. The number of rotatable bonds is 6. The molecule has 0 spiro atoms. The van der Waals surface area contributed by atoms with E-state index in [0.29, 0.717) is 5.75 Å². The van der Waals surface area contributed by atoms with Gasteiger partial charge >= 0.3 is 5.97 Å². The van der Waals surface area contributed by atoms with Gasteiger partial charge in [-0.2, -0.15) is 0 Å². The number of hydrogen-bond acceptors (Lipinski definition) is 2. The Labute approximate surface area is 78.8 Å². The van der Waals surface area contributed by atoms with Gasteiger partial charge in [0, 0.05) is 16.6 Å². The first-order chi connectivity index (χ1) is 6.08. The van der Waals surface area contributed by atoms with Crippen molar-refractivity contribution in [1.29, 1.82) is 0 Å². The molecule has 0 saturated heterocycles. The van der Waals surface area contributed by atoms with Gasteiger partial charge in [-0.3, -0.25) is 13.4 Å². The molecule has 1 N–H and O–H groups in total. The molecule has 0 heterocycles. The first-order valence-electron chi connectivity index (χ1n) is 4.21. The van der Waals surface area contributed by atoms with Crippen molar-refractivity contribution in [2.24, 2.45) is 5.41 Å². The van der Waals surface area contributed by atoms with Crippen LogP contribution < -0.4 is 0 Å². The van der Waals surface area contributed by atoms with E-state index in [9.17, 15) is 13.4 Å². The predicted octanol–water partition coefficient (Wildman–Crippen LogP) is 0.960. The summed E-state index contributed by atoms with van der Waals surface area (Å²) in [6, 6.07) is 0. The highest BCUT2D eigenvalue weighted by Gasteiger charge is 2.45. The summed E-state index contributed by atoms with van der Waals surface area (Å²) in [6.45, 7) is -0.588. The van der Waals surface area contributed by atoms with E-state index in [0.717, 1.165) is 12.8 Å². The highest BCUT2D eigenvalue weighted by Crippen LogP contribution is 2.49. The Morgan fingerprint density at radius 3 is 2.54 bits per heavy atom. The number of halogens is 1. The molecule has 1 saturated carbocycles. The molecule has 0 aliphatic heterocycles. The second kappa shape index (κ2) is 4.17. The fraction of sp³-hybridized carbons (Fsp3) is 0.875. The summed E-state index contributed by atoms with van der Waals surface area (Å²) in [5.41, 5.74) is -0.272. The molecule has 1 unspecified atom stereocenters. The lowest BCUT2D eigenvalue weighted by Gasteiger charge is -2.10. The molecular weight excluding hydrogens is 195 g/mol. The second-order valence-electron chi connectivity index (χ2n) is 3.55. The molecule has 1 atom stereocenters. The topological polar surface area (TPSA) is 54.4 Å². The molecule has 0 aromatic heterocycles. The van der Waals surface area contributed by atoms with E-state index >= 15 is 0 Å². The third kappa shape index (κ3) is 3.42. The summed E-state index contributed by atoms with van der Waals surface area (Å²) < 4.78 is 23.0. The zero-order chi connectivity index (χ0) is 9.90. The van der Waals surface area contributed by atoms with Crippen LogP contribution >= 0.6 is 0 Å². The summed E-state index contributed by atoms with van der Waals surface area (Å²) in [5, 5.41) is 8.56. The number of carboxylic acids is 1. The first kappa shape index (κ1) is 10.6. The van der Waals surface area contributed by atoms with Crippen LogP contribution in [0, 0.1) is 5.41 Å². The Morgan fingerprint density at radius 2 is 2.15 bits per heavy atom. The summed E-state index contributed by atoms with van der Waals surface area (Å²) in [7, 11) is -1.18. The zero-order valence-electron chi connectivity index (χ0n) is 7.29. The van der Waals surface area contributed by atoms with Crippen molar-refractivity contribution in [3.63, 3.8) is 0 Å². The van der Waals surface area contributed by atoms with Gasteiger partial charge < -0.3 is 5.11 Å². The normalized spacial score (nSPS) is 21.0. The molecule has 13 heavy (non-hydrogen) atoms. The molecule has 5 heteroatoms. The van der Waals surface area contributed by atoms with Gasteiger partial charge in [0.2, 0.25) is 0 Å². The molecule has 3 nitrogen and oxygen atoms in total. The average Bonchev–Trinajstić information content (AvgIpc) is 2.67. The van der Waals surface area contributed by atoms with Gasteiger partial charge in [-0.25, -0.2) is 0 Å². The Hall–Kier alpha value is -0.450. The van der Waals surface area contributed by atoms with Crippen LogP contribution in [0.5, 0.6) is 0 Å². The molecule has 0 amide bonds. The molecule has 1 aliphatic carbocycles. The quantitative estimate of drug-likeness (QED) is 0.707. The highest BCUT2D eigenvalue weighted by atomic mass is 32.2. The van der Waals surface area contributed by atoms with E-state index in [4.69, 9.17) is 5.11 Å². The third-order valence-corrected chi connectivity index (χ3v) is 3.80. The largest absolute Gasteiger partial charge is 0.481 e. The molecule has 1 fully saturated rings. The van der Waals surface area contributed by atoms with E-state index in [1.54, 1.807) is 0 Å². The van der Waals surface area contributed by atoms with E-state index in [-0.39, 0.29) is 17.6 Å². The lowest BCUT2D eigenvalue weighted by molar-refractivity contribution is -0.138. The van der Waals surface area contributed by atoms with Crippen LogP contribution in [0.3, 0.4) is 0 Å². The third-order valence-electron chi connectivity index (χ3n) is 2.26. The predicted molar refractivity (Wildman–Crippen MR) is 47.8 cm³/mol. The van der Waals surface area contributed by atoms with Crippen LogP contribution in [0.2, 0.25) is 0 Å². The van der Waals surface area contributed by atoms with Gasteiger partial charge in [0.25, 0.3) is 0 Å². The fourth-order valence-corrected chi connectivity index (χ4v) is 2.76. The van der Waals surface area contributed by atoms with Crippen LogP contribution in [0.25, 0.3) is 0 Å². The summed E-state index contributed by atoms with van der Waals surface area (Å²) in [4.78, 5) is 10.4. The molecule has 0 aromatic rings. The molecular formula is C8H13FO3S. The fourth-order valence-electron chi connectivity index (χ4n) is 1.37. The van der Waals surface area contributed by atoms with E-state index < -0.39 is 23.4 Å². The highest BCUT2D eigenvalue weighted by molar-refractivity contribution is 7.85. The van der Waals surface area contributed by atoms with Gasteiger partial charge in [0.15, 0.2) is 0 Å². The summed E-state index contributed by atoms with van der Waals surface area (Å²) in [5.74, 6) is -0.459. The molecule has 0 radical (unpaired) electrons. The van der Waals surface area contributed by atoms with Crippen molar-refractivity contribution in [3.8, 4) is 0 Å². The van der Waals surface area contributed by atoms with Gasteiger partial charge in [0.05, 0.1) is 12.2 Å². The van der Waals surface area contributed by atoms with Gasteiger partial charge in [-0.1, -0.05) is 0 Å². The maximum absolute atomic E-state index is 11.8. The van der Waals surface area contributed by atoms with E-state index in [1.165, 1.54) is 0 Å².